The van der Waals surface area contributed by atoms with Crippen LogP contribution < -0.4 is 0 Å². The number of aromatic nitrogens is 6. The highest BCUT2D eigenvalue weighted by atomic mass is 35.5. The molecule has 0 radical (unpaired) electrons. The SMILES string of the molecule is O=C(c1cn[nH]c1)N(Cc1cn2c(C3CC3)cccc2n1)Cc1ncn2ccc(Cl)cc12. The third-order valence-corrected chi connectivity index (χ3v) is 6.11. The van der Waals surface area contributed by atoms with Gasteiger partial charge < -0.3 is 13.7 Å². The summed E-state index contributed by atoms with van der Waals surface area (Å²) in [5.74, 6) is 0.465. The van der Waals surface area contributed by atoms with Crippen LogP contribution in [-0.2, 0) is 13.1 Å². The molecule has 8 nitrogen and oxygen atoms in total. The van der Waals surface area contributed by atoms with Crippen LogP contribution in [0.5, 0.6) is 0 Å². The third kappa shape index (κ3) is 3.42. The second-order valence-electron chi connectivity index (χ2n) is 8.16. The maximum Gasteiger partial charge on any atom is 0.257 e. The minimum atomic E-state index is -0.138. The molecule has 0 aliphatic heterocycles. The van der Waals surface area contributed by atoms with E-state index in [0.29, 0.717) is 29.6 Å². The lowest BCUT2D eigenvalue weighted by molar-refractivity contribution is 0.0727. The van der Waals surface area contributed by atoms with Crippen molar-refractivity contribution >= 4 is 28.7 Å². The van der Waals surface area contributed by atoms with Gasteiger partial charge in [0, 0.05) is 29.3 Å². The van der Waals surface area contributed by atoms with Gasteiger partial charge in [0.1, 0.15) is 5.65 Å². The number of amides is 1. The fourth-order valence-electron chi connectivity index (χ4n) is 4.13. The van der Waals surface area contributed by atoms with Gasteiger partial charge in [-0.05, 0) is 43.0 Å². The molecule has 0 unspecified atom stereocenters. The highest BCUT2D eigenvalue weighted by molar-refractivity contribution is 6.30. The molecule has 1 saturated carbocycles. The van der Waals surface area contributed by atoms with Crippen LogP contribution in [-0.4, -0.2) is 39.8 Å². The van der Waals surface area contributed by atoms with Crippen molar-refractivity contribution in [2.45, 2.75) is 31.8 Å². The Balaban J connectivity index is 1.36. The third-order valence-electron chi connectivity index (χ3n) is 5.88. The van der Waals surface area contributed by atoms with E-state index < -0.39 is 0 Å². The second kappa shape index (κ2) is 7.49. The zero-order chi connectivity index (χ0) is 21.7. The highest BCUT2D eigenvalue weighted by Gasteiger charge is 2.26. The van der Waals surface area contributed by atoms with Crippen LogP contribution in [0, 0.1) is 0 Å². The van der Waals surface area contributed by atoms with E-state index in [0.717, 1.165) is 22.6 Å². The maximum atomic E-state index is 13.3. The fraction of sp³-hybridized carbons (Fsp3) is 0.217. The van der Waals surface area contributed by atoms with Crippen molar-refractivity contribution in [2.75, 3.05) is 0 Å². The molecule has 0 spiro atoms. The summed E-state index contributed by atoms with van der Waals surface area (Å²) < 4.78 is 4.05. The number of carbonyl (C=O) groups excluding carboxylic acids is 1. The topological polar surface area (TPSA) is 83.6 Å². The first kappa shape index (κ1) is 19.1. The number of imidazole rings is 2. The molecule has 0 aromatic carbocycles. The molecule has 1 aliphatic carbocycles. The number of carbonyl (C=O) groups is 1. The Bertz CT molecular complexity index is 1430. The van der Waals surface area contributed by atoms with Crippen molar-refractivity contribution in [3.63, 3.8) is 0 Å². The summed E-state index contributed by atoms with van der Waals surface area (Å²) in [5.41, 5.74) is 5.15. The van der Waals surface area contributed by atoms with E-state index in [4.69, 9.17) is 16.6 Å². The molecule has 5 aromatic rings. The lowest BCUT2D eigenvalue weighted by atomic mass is 10.2. The van der Waals surface area contributed by atoms with E-state index >= 15 is 0 Å². The zero-order valence-electron chi connectivity index (χ0n) is 17.1. The van der Waals surface area contributed by atoms with Gasteiger partial charge in [-0.15, -0.1) is 0 Å². The Morgan fingerprint density at radius 2 is 2.16 bits per heavy atom. The Hall–Kier alpha value is -3.65. The average Bonchev–Trinajstić information content (AvgIpc) is 3.18. The molecule has 1 N–H and O–H groups in total. The molecule has 6 rings (SSSR count). The molecule has 32 heavy (non-hydrogen) atoms. The minimum Gasteiger partial charge on any atom is -0.327 e. The molecule has 5 aromatic heterocycles. The Kier molecular flexibility index (Phi) is 4.46. The number of aromatic amines is 1. The monoisotopic (exact) mass is 445 g/mol. The summed E-state index contributed by atoms with van der Waals surface area (Å²) in [6.07, 6.45) is 11.2. The molecular weight excluding hydrogens is 426 g/mol. The predicted octanol–water partition coefficient (Wildman–Crippen LogP) is 4.08. The van der Waals surface area contributed by atoms with Crippen LogP contribution in [0.2, 0.25) is 5.02 Å². The number of pyridine rings is 2. The summed E-state index contributed by atoms with van der Waals surface area (Å²) in [6, 6.07) is 9.88. The molecule has 160 valence electrons. The summed E-state index contributed by atoms with van der Waals surface area (Å²) in [4.78, 5) is 24.4. The molecule has 1 fully saturated rings. The Morgan fingerprint density at radius 3 is 2.97 bits per heavy atom. The van der Waals surface area contributed by atoms with Crippen LogP contribution in [0.3, 0.4) is 0 Å². The van der Waals surface area contributed by atoms with Crippen LogP contribution >= 0.6 is 11.6 Å². The number of nitrogens with one attached hydrogen (secondary N) is 1. The molecule has 5 heterocycles. The van der Waals surface area contributed by atoms with Crippen molar-refractivity contribution < 1.29 is 4.79 Å². The van der Waals surface area contributed by atoms with Crippen LogP contribution in [0.25, 0.3) is 11.2 Å². The number of hydrogen-bond donors (Lipinski definition) is 1. The normalized spacial score (nSPS) is 13.8. The molecule has 1 aliphatic rings. The Morgan fingerprint density at radius 1 is 1.25 bits per heavy atom. The molecule has 0 atom stereocenters. The van der Waals surface area contributed by atoms with Gasteiger partial charge in [-0.25, -0.2) is 9.97 Å². The van der Waals surface area contributed by atoms with E-state index in [2.05, 4.69) is 31.7 Å². The van der Waals surface area contributed by atoms with Gasteiger partial charge in [-0.3, -0.25) is 9.89 Å². The average molecular weight is 446 g/mol. The first-order valence-electron chi connectivity index (χ1n) is 10.5. The first-order valence-corrected chi connectivity index (χ1v) is 10.9. The number of H-pyrrole nitrogens is 1. The molecular formula is C23H20ClN7O. The molecule has 0 saturated heterocycles. The van der Waals surface area contributed by atoms with Crippen LogP contribution in [0.1, 0.15) is 46.2 Å². The van der Waals surface area contributed by atoms with Crippen molar-refractivity contribution in [3.05, 3.63) is 89.1 Å². The van der Waals surface area contributed by atoms with Gasteiger partial charge >= 0.3 is 0 Å². The van der Waals surface area contributed by atoms with Gasteiger partial charge in [0.15, 0.2) is 0 Å². The van der Waals surface area contributed by atoms with Gasteiger partial charge in [0.2, 0.25) is 0 Å². The van der Waals surface area contributed by atoms with E-state index in [1.165, 1.54) is 24.7 Å². The van der Waals surface area contributed by atoms with Gasteiger partial charge in [0.05, 0.1) is 48.1 Å². The largest absolute Gasteiger partial charge is 0.327 e. The number of rotatable bonds is 6. The minimum absolute atomic E-state index is 0.138. The summed E-state index contributed by atoms with van der Waals surface area (Å²) >= 11 is 6.20. The quantitative estimate of drug-likeness (QED) is 0.427. The number of fused-ring (bicyclic) bond motifs is 2. The zero-order valence-corrected chi connectivity index (χ0v) is 17.9. The van der Waals surface area contributed by atoms with E-state index in [1.807, 2.05) is 35.0 Å². The van der Waals surface area contributed by atoms with Gasteiger partial charge in [-0.2, -0.15) is 5.10 Å². The number of halogens is 1. The predicted molar refractivity (Wildman–Crippen MR) is 120 cm³/mol. The number of nitrogens with zero attached hydrogens (tertiary/aromatic N) is 6. The van der Waals surface area contributed by atoms with Crippen LogP contribution in [0.4, 0.5) is 0 Å². The molecule has 0 bridgehead atoms. The van der Waals surface area contributed by atoms with E-state index in [-0.39, 0.29) is 5.91 Å². The first-order chi connectivity index (χ1) is 15.7. The highest BCUT2D eigenvalue weighted by Crippen LogP contribution is 2.40. The summed E-state index contributed by atoms with van der Waals surface area (Å²) in [5, 5.41) is 7.28. The molecule has 1 amide bonds. The Labute approximate surface area is 188 Å². The maximum absolute atomic E-state index is 13.3. The van der Waals surface area contributed by atoms with E-state index in [9.17, 15) is 4.79 Å². The standard InChI is InChI=1S/C23H20ClN7O/c24-17-6-7-29-14-25-19(21(29)8-17)13-30(23(32)16-9-26-27-10-16)11-18-12-31-20(15-4-5-15)2-1-3-22(31)28-18/h1-3,6-10,12,14-15H,4-5,11,13H2,(H,26,27). The van der Waals surface area contributed by atoms with Gasteiger partial charge in [0.25, 0.3) is 5.91 Å². The van der Waals surface area contributed by atoms with Crippen molar-refractivity contribution in [3.8, 4) is 0 Å². The lowest BCUT2D eigenvalue weighted by Gasteiger charge is -2.20. The lowest BCUT2D eigenvalue weighted by Crippen LogP contribution is -2.30. The van der Waals surface area contributed by atoms with Crippen molar-refractivity contribution in [1.29, 1.82) is 0 Å². The van der Waals surface area contributed by atoms with Crippen molar-refractivity contribution in [1.82, 2.24) is 33.9 Å². The fourth-order valence-corrected chi connectivity index (χ4v) is 4.29. The summed E-state index contributed by atoms with van der Waals surface area (Å²) in [7, 11) is 0. The van der Waals surface area contributed by atoms with Crippen molar-refractivity contribution in [2.24, 2.45) is 0 Å². The van der Waals surface area contributed by atoms with E-state index in [1.54, 1.807) is 17.4 Å². The second-order valence-corrected chi connectivity index (χ2v) is 8.60. The smallest absolute Gasteiger partial charge is 0.257 e. The number of hydrogen-bond acceptors (Lipinski definition) is 4. The summed E-state index contributed by atoms with van der Waals surface area (Å²) in [6.45, 7) is 0.680. The van der Waals surface area contributed by atoms with Gasteiger partial charge in [-0.1, -0.05) is 17.7 Å². The van der Waals surface area contributed by atoms with Crippen LogP contribution in [0.15, 0.2) is 61.4 Å². The molecule has 9 heteroatoms.